The van der Waals surface area contributed by atoms with Crippen LogP contribution < -0.4 is 5.14 Å². The van der Waals surface area contributed by atoms with Crippen molar-refractivity contribution in [3.63, 3.8) is 0 Å². The van der Waals surface area contributed by atoms with Gasteiger partial charge in [-0.2, -0.15) is 0 Å². The van der Waals surface area contributed by atoms with Crippen molar-refractivity contribution in [1.29, 1.82) is 0 Å². The van der Waals surface area contributed by atoms with Crippen LogP contribution in [0.4, 0.5) is 4.39 Å². The number of sulfonamides is 1. The molecule has 26 heavy (non-hydrogen) atoms. The topological polar surface area (TPSA) is 60.2 Å². The van der Waals surface area contributed by atoms with E-state index < -0.39 is 10.0 Å². The van der Waals surface area contributed by atoms with Crippen molar-refractivity contribution >= 4 is 21.2 Å². The van der Waals surface area contributed by atoms with Crippen LogP contribution >= 0.6 is 0 Å². The van der Waals surface area contributed by atoms with Gasteiger partial charge in [-0.05, 0) is 83.6 Å². The summed E-state index contributed by atoms with van der Waals surface area (Å²) in [5.41, 5.74) is 6.54. The summed E-state index contributed by atoms with van der Waals surface area (Å²) in [6, 6.07) is 13.0. The molecule has 0 amide bonds. The summed E-state index contributed by atoms with van der Waals surface area (Å²) in [7, 11) is -3.53. The van der Waals surface area contributed by atoms with Crippen molar-refractivity contribution in [1.82, 2.24) is 0 Å². The van der Waals surface area contributed by atoms with Crippen LogP contribution in [0.3, 0.4) is 0 Å². The summed E-state index contributed by atoms with van der Waals surface area (Å²) in [6.07, 6.45) is 4.55. The summed E-state index contributed by atoms with van der Waals surface area (Å²) in [5.74, 6) is -0.331. The molecule has 2 aliphatic rings. The van der Waals surface area contributed by atoms with Crippen molar-refractivity contribution in [2.75, 3.05) is 0 Å². The number of hydrogen-bond acceptors (Lipinski definition) is 2. The summed E-state index contributed by atoms with van der Waals surface area (Å²) < 4.78 is 36.2. The molecular weight excluding hydrogens is 349 g/mol. The van der Waals surface area contributed by atoms with Crippen molar-refractivity contribution < 1.29 is 12.8 Å². The zero-order valence-corrected chi connectivity index (χ0v) is 15.6. The number of benzene rings is 2. The lowest BCUT2D eigenvalue weighted by molar-refractivity contribution is 0.568. The Morgan fingerprint density at radius 2 is 1.58 bits per heavy atom. The first-order chi connectivity index (χ1) is 12.2. The number of halogens is 1. The fourth-order valence-electron chi connectivity index (χ4n) is 3.98. The molecule has 2 aromatic carbocycles. The van der Waals surface area contributed by atoms with Crippen LogP contribution in [0.5, 0.6) is 0 Å². The highest BCUT2D eigenvalue weighted by molar-refractivity contribution is 7.88. The first-order valence-electron chi connectivity index (χ1n) is 8.83. The fraction of sp³-hybridized carbons (Fsp3) is 0.333. The number of rotatable bonds is 4. The monoisotopic (exact) mass is 371 g/mol. The Labute approximate surface area is 153 Å². The maximum atomic E-state index is 13.7. The van der Waals surface area contributed by atoms with Crippen LogP contribution in [-0.4, -0.2) is 8.42 Å². The van der Waals surface area contributed by atoms with Gasteiger partial charge in [-0.15, -0.1) is 0 Å². The van der Waals surface area contributed by atoms with E-state index in [2.05, 4.69) is 0 Å². The second kappa shape index (κ2) is 6.03. The number of hydrogen-bond donors (Lipinski definition) is 1. The van der Waals surface area contributed by atoms with E-state index in [9.17, 15) is 12.8 Å². The minimum atomic E-state index is -3.53. The first-order valence-corrected chi connectivity index (χ1v) is 10.5. The van der Waals surface area contributed by atoms with Crippen LogP contribution in [0.25, 0.3) is 11.1 Å². The van der Waals surface area contributed by atoms with E-state index in [0.717, 1.165) is 24.0 Å². The van der Waals surface area contributed by atoms with Crippen molar-refractivity contribution in [2.24, 2.45) is 10.6 Å². The van der Waals surface area contributed by atoms with Crippen LogP contribution in [-0.2, 0) is 15.8 Å². The van der Waals surface area contributed by atoms with Gasteiger partial charge in [0, 0.05) is 0 Å². The van der Waals surface area contributed by atoms with E-state index >= 15 is 0 Å². The van der Waals surface area contributed by atoms with Crippen LogP contribution in [0.1, 0.15) is 47.9 Å². The zero-order valence-electron chi connectivity index (χ0n) is 14.8. The highest BCUT2D eigenvalue weighted by atomic mass is 32.2. The minimum Gasteiger partial charge on any atom is -0.228 e. The van der Waals surface area contributed by atoms with E-state index in [-0.39, 0.29) is 11.6 Å². The van der Waals surface area contributed by atoms with E-state index in [4.69, 9.17) is 5.14 Å². The molecule has 2 aromatic rings. The van der Waals surface area contributed by atoms with E-state index in [1.54, 1.807) is 13.0 Å². The molecule has 0 aliphatic heterocycles. The average Bonchev–Trinajstić information content (AvgIpc) is 3.21. The normalized spacial score (nSPS) is 18.6. The molecule has 0 saturated heterocycles. The van der Waals surface area contributed by atoms with Crippen LogP contribution in [0.2, 0.25) is 0 Å². The van der Waals surface area contributed by atoms with Gasteiger partial charge in [-0.3, -0.25) is 0 Å². The maximum absolute atomic E-state index is 13.7. The van der Waals surface area contributed by atoms with Gasteiger partial charge >= 0.3 is 0 Å². The number of allylic oxidation sites excluding steroid dienone is 2. The van der Waals surface area contributed by atoms with Gasteiger partial charge in [0.05, 0.1) is 5.75 Å². The van der Waals surface area contributed by atoms with Crippen molar-refractivity contribution in [3.8, 4) is 0 Å². The Bertz CT molecular complexity index is 1000. The third kappa shape index (κ3) is 3.46. The largest absolute Gasteiger partial charge is 0.228 e. The highest BCUT2D eigenvalue weighted by Gasteiger charge is 2.48. The smallest absolute Gasteiger partial charge is 0.213 e. The van der Waals surface area contributed by atoms with Crippen LogP contribution in [0, 0.1) is 18.2 Å². The Balaban J connectivity index is 1.72. The maximum Gasteiger partial charge on any atom is 0.213 e. The molecule has 0 unspecified atom stereocenters. The van der Waals surface area contributed by atoms with Gasteiger partial charge in [0.15, 0.2) is 0 Å². The minimum absolute atomic E-state index is 0.153. The summed E-state index contributed by atoms with van der Waals surface area (Å²) >= 11 is 0. The predicted molar refractivity (Wildman–Crippen MR) is 102 cm³/mol. The Kier molecular flexibility index (Phi) is 4.04. The van der Waals surface area contributed by atoms with Crippen molar-refractivity contribution in [3.05, 3.63) is 70.5 Å². The van der Waals surface area contributed by atoms with Gasteiger partial charge in [-0.1, -0.05) is 30.3 Å². The molecule has 0 aromatic heterocycles. The van der Waals surface area contributed by atoms with Gasteiger partial charge in [0.25, 0.3) is 0 Å². The Morgan fingerprint density at radius 1 is 1.00 bits per heavy atom. The summed E-state index contributed by atoms with van der Waals surface area (Å²) in [6.45, 7) is 1.79. The predicted octanol–water partition coefficient (Wildman–Crippen LogP) is 4.41. The molecule has 5 heteroatoms. The zero-order chi connectivity index (χ0) is 18.5. The molecule has 2 N–H and O–H groups in total. The third-order valence-corrected chi connectivity index (χ3v) is 6.34. The average molecular weight is 371 g/mol. The molecule has 1 fully saturated rings. The van der Waals surface area contributed by atoms with Crippen molar-refractivity contribution in [2.45, 2.75) is 38.4 Å². The Hall–Kier alpha value is -1.98. The first kappa shape index (κ1) is 17.4. The molecule has 1 spiro atoms. The molecular formula is C21H22FNO2S. The molecule has 0 bridgehead atoms. The molecule has 0 heterocycles. The Morgan fingerprint density at radius 3 is 2.12 bits per heavy atom. The van der Waals surface area contributed by atoms with E-state index in [1.807, 2.05) is 36.4 Å². The summed E-state index contributed by atoms with van der Waals surface area (Å²) in [4.78, 5) is 0. The number of nitrogens with two attached hydrogens (primary N) is 1. The third-order valence-electron chi connectivity index (χ3n) is 5.60. The molecule has 4 rings (SSSR count). The number of aryl methyl sites for hydroxylation is 1. The molecule has 1 saturated carbocycles. The molecule has 0 atom stereocenters. The molecule has 0 radical (unpaired) electrons. The molecule has 136 valence electrons. The lowest BCUT2D eigenvalue weighted by Crippen LogP contribution is -2.14. The van der Waals surface area contributed by atoms with E-state index in [0.29, 0.717) is 16.5 Å². The molecule has 2 aliphatic carbocycles. The molecule has 3 nitrogen and oxygen atoms in total. The van der Waals surface area contributed by atoms with Gasteiger partial charge < -0.3 is 0 Å². The van der Waals surface area contributed by atoms with Gasteiger partial charge in [0.1, 0.15) is 5.82 Å². The van der Waals surface area contributed by atoms with Crippen LogP contribution in [0.15, 0.2) is 42.5 Å². The van der Waals surface area contributed by atoms with Gasteiger partial charge in [-0.25, -0.2) is 17.9 Å². The SMILES string of the molecule is Cc1cc(C2=C(c3ccc(CS(N)(=O)=O)cc3)CC3(CC3)C2)ccc1F. The highest BCUT2D eigenvalue weighted by Crippen LogP contribution is 2.63. The van der Waals surface area contributed by atoms with E-state index in [1.165, 1.54) is 24.0 Å². The summed E-state index contributed by atoms with van der Waals surface area (Å²) in [5, 5.41) is 5.13. The van der Waals surface area contributed by atoms with Gasteiger partial charge in [0.2, 0.25) is 10.0 Å². The lowest BCUT2D eigenvalue weighted by Gasteiger charge is -2.10. The fourth-order valence-corrected chi connectivity index (χ4v) is 4.63. The lowest BCUT2D eigenvalue weighted by atomic mass is 9.95. The standard InChI is InChI=1S/C21H22FNO2S/c1-14-10-17(6-7-20(14)22)19-12-21(8-9-21)11-18(19)16-4-2-15(3-5-16)13-26(23,24)25/h2-7,10H,8-9,11-13H2,1H3,(H2,23,24,25). The number of primary sulfonamides is 1. The second-order valence-corrected chi connectivity index (χ2v) is 9.39. The quantitative estimate of drug-likeness (QED) is 0.865. The second-order valence-electron chi connectivity index (χ2n) is 7.78.